The smallest absolute Gasteiger partial charge is 0.263 e. The minimum atomic E-state index is -0.356. The molecule has 1 amide bonds. The van der Waals surface area contributed by atoms with E-state index in [1.807, 2.05) is 0 Å². The predicted molar refractivity (Wildman–Crippen MR) is 159 cm³/mol. The number of likely N-dealkylation sites (tertiary alicyclic amines) is 1. The van der Waals surface area contributed by atoms with Gasteiger partial charge in [-0.2, -0.15) is 0 Å². The zero-order chi connectivity index (χ0) is 29.8. The van der Waals surface area contributed by atoms with Crippen LogP contribution in [0.15, 0.2) is 41.3 Å². The molecule has 3 aliphatic rings. The number of unbranched alkanes of at least 4 members (excludes halogenated alkanes) is 2. The molecule has 1 aliphatic heterocycles. The van der Waals surface area contributed by atoms with E-state index in [1.165, 1.54) is 18.5 Å². The second-order valence-corrected chi connectivity index (χ2v) is 12.5. The van der Waals surface area contributed by atoms with Crippen molar-refractivity contribution in [3.63, 3.8) is 0 Å². The lowest BCUT2D eigenvalue weighted by Gasteiger charge is -2.32. The maximum absolute atomic E-state index is 14.9. The molecule has 2 N–H and O–H groups in total. The third-order valence-electron chi connectivity index (χ3n) is 9.70. The van der Waals surface area contributed by atoms with Gasteiger partial charge in [0.05, 0.1) is 30.2 Å². The highest BCUT2D eigenvalue weighted by molar-refractivity contribution is 5.91. The van der Waals surface area contributed by atoms with E-state index in [4.69, 9.17) is 9.15 Å². The molecule has 2 atom stereocenters. The van der Waals surface area contributed by atoms with Crippen molar-refractivity contribution in [1.82, 2.24) is 25.2 Å². The van der Waals surface area contributed by atoms with Crippen LogP contribution >= 0.6 is 0 Å². The first kappa shape index (κ1) is 29.5. The SMILES string of the molecule is CCN1CCC2(CC1)C[C@@H]2C(=O)NC(CCCCCC(=O)c1ncco1)c1ncc(-c2cc(OC3CCC3)ccc2F)[nH]1. The van der Waals surface area contributed by atoms with E-state index in [2.05, 4.69) is 32.1 Å². The van der Waals surface area contributed by atoms with E-state index in [9.17, 15) is 14.0 Å². The van der Waals surface area contributed by atoms with E-state index in [1.54, 1.807) is 18.3 Å². The summed E-state index contributed by atoms with van der Waals surface area (Å²) in [6.07, 6.45) is 14.3. The number of benzene rings is 1. The molecular formula is C33H42FN5O4. The van der Waals surface area contributed by atoms with Crippen molar-refractivity contribution < 1.29 is 23.1 Å². The summed E-state index contributed by atoms with van der Waals surface area (Å²) in [5, 5.41) is 3.29. The number of hydrogen-bond donors (Lipinski definition) is 2. The lowest BCUT2D eigenvalue weighted by atomic mass is 9.90. The standard InChI is InChI=1S/C33H42FN5O4/c1-2-39-16-13-33(14-17-39)20-25(33)31(41)38-27(9-4-3-5-10-29(40)32-35-15-18-42-32)30-36-21-28(37-30)24-19-23(11-12-26(24)34)43-22-7-6-8-22/h11-12,15,18-19,21-22,25,27H,2-10,13-14,16-17,20H2,1H3,(H,36,37)(H,38,41)/t25-,27?/m1/s1. The van der Waals surface area contributed by atoms with Gasteiger partial charge in [-0.1, -0.05) is 19.8 Å². The third kappa shape index (κ3) is 6.84. The van der Waals surface area contributed by atoms with Gasteiger partial charge in [-0.3, -0.25) is 9.59 Å². The fourth-order valence-corrected chi connectivity index (χ4v) is 6.53. The number of Topliss-reactive ketones (excluding diaryl/α,β-unsaturated/α-hetero) is 1. The minimum absolute atomic E-state index is 0.0274. The maximum atomic E-state index is 14.9. The molecule has 0 bridgehead atoms. The van der Waals surface area contributed by atoms with Crippen molar-refractivity contribution in [2.45, 2.75) is 89.7 Å². The molecule has 1 spiro atoms. The number of hydrogen-bond acceptors (Lipinski definition) is 7. The molecule has 6 rings (SSSR count). The van der Waals surface area contributed by atoms with Crippen LogP contribution in [0.4, 0.5) is 4.39 Å². The first-order valence-electron chi connectivity index (χ1n) is 15.9. The second kappa shape index (κ2) is 13.0. The number of imidazole rings is 1. The highest BCUT2D eigenvalue weighted by atomic mass is 19.1. The highest BCUT2D eigenvalue weighted by Gasteiger charge is 2.58. The Hall–Kier alpha value is -3.53. The lowest BCUT2D eigenvalue weighted by Crippen LogP contribution is -2.37. The molecule has 43 heavy (non-hydrogen) atoms. The van der Waals surface area contributed by atoms with Crippen LogP contribution in [0, 0.1) is 17.2 Å². The molecule has 9 nitrogen and oxygen atoms in total. The van der Waals surface area contributed by atoms with Gasteiger partial charge in [-0.05, 0) is 94.6 Å². The Kier molecular flexibility index (Phi) is 8.93. The largest absolute Gasteiger partial charge is 0.490 e. The van der Waals surface area contributed by atoms with E-state index >= 15 is 0 Å². The number of nitrogens with zero attached hydrogens (tertiary/aromatic N) is 3. The Labute approximate surface area is 252 Å². The van der Waals surface area contributed by atoms with Crippen molar-refractivity contribution in [1.29, 1.82) is 0 Å². The molecule has 1 unspecified atom stereocenters. The van der Waals surface area contributed by atoms with E-state index < -0.39 is 0 Å². The van der Waals surface area contributed by atoms with Gasteiger partial charge in [0.2, 0.25) is 11.7 Å². The fourth-order valence-electron chi connectivity index (χ4n) is 6.53. The lowest BCUT2D eigenvalue weighted by molar-refractivity contribution is -0.124. The summed E-state index contributed by atoms with van der Waals surface area (Å²) < 4.78 is 26.0. The number of halogens is 1. The molecular weight excluding hydrogens is 549 g/mol. The molecule has 3 fully saturated rings. The van der Waals surface area contributed by atoms with Crippen LogP contribution < -0.4 is 10.1 Å². The number of aromatic nitrogens is 3. The van der Waals surface area contributed by atoms with Gasteiger partial charge in [0.15, 0.2) is 0 Å². The number of oxazole rings is 1. The summed E-state index contributed by atoms with van der Waals surface area (Å²) in [5.74, 6) is 1.04. The van der Waals surface area contributed by atoms with E-state index in [0.29, 0.717) is 42.1 Å². The maximum Gasteiger partial charge on any atom is 0.263 e. The van der Waals surface area contributed by atoms with Crippen LogP contribution in [-0.2, 0) is 4.79 Å². The fraction of sp³-hybridized carbons (Fsp3) is 0.576. The first-order chi connectivity index (χ1) is 20.9. The normalized spacial score (nSPS) is 20.5. The van der Waals surface area contributed by atoms with Crippen LogP contribution in [0.25, 0.3) is 11.3 Å². The van der Waals surface area contributed by atoms with Crippen LogP contribution in [-0.4, -0.2) is 57.3 Å². The first-order valence-corrected chi connectivity index (χ1v) is 15.9. The van der Waals surface area contributed by atoms with Gasteiger partial charge < -0.3 is 24.4 Å². The van der Waals surface area contributed by atoms with Crippen molar-refractivity contribution >= 4 is 11.7 Å². The average molecular weight is 592 g/mol. The number of piperidine rings is 1. The predicted octanol–water partition coefficient (Wildman–Crippen LogP) is 6.25. The van der Waals surface area contributed by atoms with Crippen molar-refractivity contribution in [3.05, 3.63) is 54.4 Å². The molecule has 3 heterocycles. The summed E-state index contributed by atoms with van der Waals surface area (Å²) in [4.78, 5) is 40.1. The Morgan fingerprint density at radius 3 is 2.77 bits per heavy atom. The Morgan fingerprint density at radius 1 is 1.21 bits per heavy atom. The Balaban J connectivity index is 1.11. The van der Waals surface area contributed by atoms with Gasteiger partial charge in [-0.25, -0.2) is 14.4 Å². The number of aromatic amines is 1. The van der Waals surface area contributed by atoms with Gasteiger partial charge in [0.1, 0.15) is 23.7 Å². The van der Waals surface area contributed by atoms with Gasteiger partial charge in [0.25, 0.3) is 5.89 Å². The molecule has 1 saturated heterocycles. The summed E-state index contributed by atoms with van der Waals surface area (Å²) in [6.45, 7) is 5.33. The average Bonchev–Trinajstić information content (AvgIpc) is 3.36. The molecule has 230 valence electrons. The molecule has 0 radical (unpaired) electrons. The van der Waals surface area contributed by atoms with Gasteiger partial charge >= 0.3 is 0 Å². The highest BCUT2D eigenvalue weighted by Crippen LogP contribution is 2.59. The number of H-pyrrole nitrogens is 1. The molecule has 10 heteroatoms. The van der Waals surface area contributed by atoms with Crippen LogP contribution in [0.2, 0.25) is 0 Å². The zero-order valence-electron chi connectivity index (χ0n) is 24.9. The Bertz CT molecular complexity index is 1390. The van der Waals surface area contributed by atoms with Crippen molar-refractivity contribution in [2.75, 3.05) is 19.6 Å². The van der Waals surface area contributed by atoms with Crippen LogP contribution in [0.1, 0.15) is 100 Å². The van der Waals surface area contributed by atoms with Crippen molar-refractivity contribution in [3.8, 4) is 17.0 Å². The topological polar surface area (TPSA) is 113 Å². The Morgan fingerprint density at radius 2 is 2.05 bits per heavy atom. The third-order valence-corrected chi connectivity index (χ3v) is 9.70. The summed E-state index contributed by atoms with van der Waals surface area (Å²) in [6, 6.07) is 4.48. The number of amides is 1. The molecule has 2 aromatic heterocycles. The number of carbonyl (C=O) groups excluding carboxylic acids is 2. The summed E-state index contributed by atoms with van der Waals surface area (Å²) >= 11 is 0. The van der Waals surface area contributed by atoms with E-state index in [-0.39, 0.29) is 46.9 Å². The monoisotopic (exact) mass is 591 g/mol. The second-order valence-electron chi connectivity index (χ2n) is 12.5. The number of ether oxygens (including phenoxy) is 1. The van der Waals surface area contributed by atoms with Crippen LogP contribution in [0.3, 0.4) is 0 Å². The van der Waals surface area contributed by atoms with Crippen LogP contribution in [0.5, 0.6) is 5.75 Å². The molecule has 2 saturated carbocycles. The molecule has 3 aromatic rings. The minimum Gasteiger partial charge on any atom is -0.490 e. The molecule has 1 aromatic carbocycles. The van der Waals surface area contributed by atoms with Crippen molar-refractivity contribution in [2.24, 2.45) is 11.3 Å². The zero-order valence-corrected chi connectivity index (χ0v) is 24.9. The quantitative estimate of drug-likeness (QED) is 0.168. The molecule has 2 aliphatic carbocycles. The number of carbonyl (C=O) groups is 2. The number of ketones is 1. The summed E-state index contributed by atoms with van der Waals surface area (Å²) in [7, 11) is 0. The number of rotatable bonds is 14. The van der Waals surface area contributed by atoms with Gasteiger partial charge in [0, 0.05) is 17.9 Å². The number of nitrogens with one attached hydrogen (secondary N) is 2. The van der Waals surface area contributed by atoms with E-state index in [0.717, 1.165) is 71.0 Å². The summed E-state index contributed by atoms with van der Waals surface area (Å²) in [5.41, 5.74) is 1.07. The van der Waals surface area contributed by atoms with Gasteiger partial charge in [-0.15, -0.1) is 0 Å².